The van der Waals surface area contributed by atoms with Gasteiger partial charge in [-0.15, -0.1) is 0 Å². The molecule has 0 bridgehead atoms. The molecule has 0 saturated carbocycles. The third-order valence-electron chi connectivity index (χ3n) is 1.80. The van der Waals surface area contributed by atoms with Crippen LogP contribution in [0.5, 0.6) is 0 Å². The molecule has 1 amide bonds. The number of nitrogens with one attached hydrogen (secondary N) is 1. The zero-order chi connectivity index (χ0) is 11.1. The summed E-state index contributed by atoms with van der Waals surface area (Å²) in [7, 11) is 0. The van der Waals surface area contributed by atoms with Crippen molar-refractivity contribution in [3.63, 3.8) is 0 Å². The number of amides is 1. The Labute approximate surface area is 89.4 Å². The van der Waals surface area contributed by atoms with E-state index in [2.05, 4.69) is 5.32 Å². The second-order valence-corrected chi connectivity index (χ2v) is 3.26. The summed E-state index contributed by atoms with van der Waals surface area (Å²) in [5.41, 5.74) is 7.13. The second-order valence-electron chi connectivity index (χ2n) is 3.26. The van der Waals surface area contributed by atoms with Crippen molar-refractivity contribution in [1.29, 1.82) is 0 Å². The van der Waals surface area contributed by atoms with Gasteiger partial charge in [0.25, 0.3) is 0 Å². The van der Waals surface area contributed by atoms with Crippen molar-refractivity contribution in [2.75, 3.05) is 25.1 Å². The van der Waals surface area contributed by atoms with Crippen LogP contribution in [0.2, 0.25) is 0 Å². The largest absolute Gasteiger partial charge is 0.370 e. The fourth-order valence-corrected chi connectivity index (χ4v) is 1.17. The van der Waals surface area contributed by atoms with Crippen molar-refractivity contribution in [2.45, 2.75) is 6.92 Å². The maximum atomic E-state index is 11.3. The Kier molecular flexibility index (Phi) is 4.80. The molecule has 0 saturated heterocycles. The van der Waals surface area contributed by atoms with Crippen molar-refractivity contribution in [3.05, 3.63) is 29.8 Å². The first-order valence-electron chi connectivity index (χ1n) is 4.86. The van der Waals surface area contributed by atoms with E-state index in [1.54, 1.807) is 0 Å². The van der Waals surface area contributed by atoms with Crippen LogP contribution in [0, 0.1) is 6.92 Å². The van der Waals surface area contributed by atoms with Gasteiger partial charge in [0.15, 0.2) is 0 Å². The van der Waals surface area contributed by atoms with Gasteiger partial charge in [0.05, 0.1) is 6.61 Å². The monoisotopic (exact) mass is 208 g/mol. The van der Waals surface area contributed by atoms with E-state index < -0.39 is 0 Å². The maximum absolute atomic E-state index is 11.3. The molecular weight excluding hydrogens is 192 g/mol. The predicted molar refractivity (Wildman–Crippen MR) is 59.7 cm³/mol. The molecule has 0 radical (unpaired) electrons. The fourth-order valence-electron chi connectivity index (χ4n) is 1.17. The highest BCUT2D eigenvalue weighted by Gasteiger charge is 2.01. The number of rotatable bonds is 5. The fraction of sp³-hybridized carbons (Fsp3) is 0.364. The molecule has 3 N–H and O–H groups in total. The molecule has 82 valence electrons. The van der Waals surface area contributed by atoms with Crippen LogP contribution < -0.4 is 11.1 Å². The number of anilines is 1. The highest BCUT2D eigenvalue weighted by Crippen LogP contribution is 2.08. The van der Waals surface area contributed by atoms with Crippen LogP contribution in [0.3, 0.4) is 0 Å². The molecular formula is C11H16N2O2. The Hall–Kier alpha value is -1.39. The van der Waals surface area contributed by atoms with E-state index in [1.807, 2.05) is 31.2 Å². The lowest BCUT2D eigenvalue weighted by Crippen LogP contribution is -2.20. The number of carbonyl (C=O) groups is 1. The summed E-state index contributed by atoms with van der Waals surface area (Å²) in [6, 6.07) is 7.61. The molecule has 4 nitrogen and oxygen atoms in total. The Morgan fingerprint density at radius 1 is 1.53 bits per heavy atom. The molecule has 15 heavy (non-hydrogen) atoms. The van der Waals surface area contributed by atoms with Crippen molar-refractivity contribution in [2.24, 2.45) is 5.73 Å². The van der Waals surface area contributed by atoms with Crippen LogP contribution in [0.4, 0.5) is 5.69 Å². The Morgan fingerprint density at radius 3 is 3.00 bits per heavy atom. The maximum Gasteiger partial charge on any atom is 0.250 e. The van der Waals surface area contributed by atoms with Gasteiger partial charge in [0.1, 0.15) is 6.61 Å². The average molecular weight is 208 g/mol. The lowest BCUT2D eigenvalue weighted by molar-refractivity contribution is -0.120. The first-order valence-corrected chi connectivity index (χ1v) is 4.86. The van der Waals surface area contributed by atoms with E-state index in [-0.39, 0.29) is 12.5 Å². The minimum Gasteiger partial charge on any atom is -0.370 e. The second kappa shape index (κ2) is 6.16. The minimum atomic E-state index is -0.158. The topological polar surface area (TPSA) is 64.3 Å². The highest BCUT2D eigenvalue weighted by atomic mass is 16.5. The smallest absolute Gasteiger partial charge is 0.250 e. The molecule has 1 aromatic carbocycles. The van der Waals surface area contributed by atoms with E-state index in [1.165, 1.54) is 0 Å². The van der Waals surface area contributed by atoms with E-state index in [0.29, 0.717) is 13.2 Å². The van der Waals surface area contributed by atoms with Gasteiger partial charge in [0, 0.05) is 12.2 Å². The molecule has 4 heteroatoms. The zero-order valence-corrected chi connectivity index (χ0v) is 8.82. The van der Waals surface area contributed by atoms with E-state index in [4.69, 9.17) is 10.5 Å². The molecule has 0 fully saturated rings. The van der Waals surface area contributed by atoms with Gasteiger partial charge < -0.3 is 15.8 Å². The third-order valence-corrected chi connectivity index (χ3v) is 1.80. The van der Waals surface area contributed by atoms with Crippen LogP contribution >= 0.6 is 0 Å². The van der Waals surface area contributed by atoms with Crippen molar-refractivity contribution in [3.8, 4) is 0 Å². The molecule has 0 spiro atoms. The third kappa shape index (κ3) is 4.58. The van der Waals surface area contributed by atoms with Gasteiger partial charge in [-0.05, 0) is 24.6 Å². The summed E-state index contributed by atoms with van der Waals surface area (Å²) in [6.07, 6.45) is 0. The standard InChI is InChI=1S/C11H16N2O2/c1-9-3-2-4-10(7-9)13-11(14)8-15-6-5-12/h2-4,7H,5-6,8,12H2,1H3,(H,13,14). The van der Waals surface area contributed by atoms with E-state index in [9.17, 15) is 4.79 Å². The molecule has 0 aromatic heterocycles. The first-order chi connectivity index (χ1) is 7.22. The summed E-state index contributed by atoms with van der Waals surface area (Å²) in [4.78, 5) is 11.3. The SMILES string of the molecule is Cc1cccc(NC(=O)COCCN)c1. The summed E-state index contributed by atoms with van der Waals surface area (Å²) < 4.78 is 5.01. The van der Waals surface area contributed by atoms with Crippen molar-refractivity contribution >= 4 is 11.6 Å². The van der Waals surface area contributed by atoms with Crippen LogP contribution in [-0.2, 0) is 9.53 Å². The molecule has 0 aliphatic heterocycles. The lowest BCUT2D eigenvalue weighted by atomic mass is 10.2. The van der Waals surface area contributed by atoms with E-state index >= 15 is 0 Å². The molecule has 0 aliphatic carbocycles. The molecule has 0 aliphatic rings. The van der Waals surface area contributed by atoms with Crippen LogP contribution in [-0.4, -0.2) is 25.7 Å². The number of aryl methyl sites for hydroxylation is 1. The quantitative estimate of drug-likeness (QED) is 0.707. The van der Waals surface area contributed by atoms with Gasteiger partial charge >= 0.3 is 0 Å². The number of nitrogens with two attached hydrogens (primary N) is 1. The number of benzene rings is 1. The van der Waals surface area contributed by atoms with Crippen LogP contribution in [0.15, 0.2) is 24.3 Å². The Balaban J connectivity index is 2.37. The van der Waals surface area contributed by atoms with Crippen LogP contribution in [0.25, 0.3) is 0 Å². The minimum absolute atomic E-state index is 0.0468. The lowest BCUT2D eigenvalue weighted by Gasteiger charge is -2.06. The summed E-state index contributed by atoms with van der Waals surface area (Å²) in [6.45, 7) is 2.85. The summed E-state index contributed by atoms with van der Waals surface area (Å²) in [5.74, 6) is -0.158. The van der Waals surface area contributed by atoms with Crippen molar-refractivity contribution < 1.29 is 9.53 Å². The van der Waals surface area contributed by atoms with Gasteiger partial charge in [-0.3, -0.25) is 4.79 Å². The number of carbonyl (C=O) groups excluding carboxylic acids is 1. The Bertz CT molecular complexity index is 326. The number of hydrogen-bond donors (Lipinski definition) is 2. The van der Waals surface area contributed by atoms with Gasteiger partial charge in [-0.25, -0.2) is 0 Å². The molecule has 1 aromatic rings. The normalized spacial score (nSPS) is 10.0. The zero-order valence-electron chi connectivity index (χ0n) is 8.82. The van der Waals surface area contributed by atoms with Crippen molar-refractivity contribution in [1.82, 2.24) is 0 Å². The number of ether oxygens (including phenoxy) is 1. The summed E-state index contributed by atoms with van der Waals surface area (Å²) >= 11 is 0. The highest BCUT2D eigenvalue weighted by molar-refractivity contribution is 5.91. The number of hydrogen-bond acceptors (Lipinski definition) is 3. The van der Waals surface area contributed by atoms with Gasteiger partial charge in [0.2, 0.25) is 5.91 Å². The molecule has 0 heterocycles. The Morgan fingerprint density at radius 2 is 2.33 bits per heavy atom. The summed E-state index contributed by atoms with van der Waals surface area (Å²) in [5, 5.41) is 2.74. The predicted octanol–water partition coefficient (Wildman–Crippen LogP) is 0.909. The van der Waals surface area contributed by atoms with Crippen LogP contribution in [0.1, 0.15) is 5.56 Å². The molecule has 1 rings (SSSR count). The van der Waals surface area contributed by atoms with Gasteiger partial charge in [-0.1, -0.05) is 12.1 Å². The first kappa shape index (κ1) is 11.7. The molecule has 0 atom stereocenters. The van der Waals surface area contributed by atoms with E-state index in [0.717, 1.165) is 11.3 Å². The average Bonchev–Trinajstić information content (AvgIpc) is 2.18. The molecule has 0 unspecified atom stereocenters. The van der Waals surface area contributed by atoms with Gasteiger partial charge in [-0.2, -0.15) is 0 Å².